The fourth-order valence-electron chi connectivity index (χ4n) is 2.85. The first-order valence-corrected chi connectivity index (χ1v) is 8.11. The van der Waals surface area contributed by atoms with Crippen molar-refractivity contribution in [1.82, 2.24) is 5.32 Å². The summed E-state index contributed by atoms with van der Waals surface area (Å²) < 4.78 is 0. The maximum atomic E-state index is 12.5. The number of fused-ring (bicyclic) bond motifs is 1. The normalized spacial score (nSPS) is 11.9. The van der Waals surface area contributed by atoms with Gasteiger partial charge in [-0.15, -0.1) is 0 Å². The fraction of sp³-hybridized carbons (Fsp3) is 0.143. The molecule has 0 unspecified atom stereocenters. The number of carboxylic acids is 1. The van der Waals surface area contributed by atoms with Crippen molar-refractivity contribution < 1.29 is 14.7 Å². The van der Waals surface area contributed by atoms with E-state index in [0.29, 0.717) is 5.56 Å². The monoisotopic (exact) mass is 333 g/mol. The SMILES string of the molecule is Cc1cccc(C[C@H](NC(=O)c2ccc3ccccc3c2)C(=O)O)c1. The summed E-state index contributed by atoms with van der Waals surface area (Å²) in [6.07, 6.45) is 0.246. The van der Waals surface area contributed by atoms with Gasteiger partial charge in [0.2, 0.25) is 0 Å². The summed E-state index contributed by atoms with van der Waals surface area (Å²) in [6.45, 7) is 1.95. The first-order chi connectivity index (χ1) is 12.0. The Morgan fingerprint density at radius 1 is 0.960 bits per heavy atom. The molecule has 0 aliphatic rings. The van der Waals surface area contributed by atoms with Crippen molar-refractivity contribution in [3.63, 3.8) is 0 Å². The Labute approximate surface area is 146 Å². The van der Waals surface area contributed by atoms with E-state index in [4.69, 9.17) is 0 Å². The van der Waals surface area contributed by atoms with E-state index >= 15 is 0 Å². The zero-order chi connectivity index (χ0) is 17.8. The van der Waals surface area contributed by atoms with Crippen molar-refractivity contribution in [2.24, 2.45) is 0 Å². The van der Waals surface area contributed by atoms with E-state index in [1.807, 2.05) is 61.5 Å². The Balaban J connectivity index is 1.78. The van der Waals surface area contributed by atoms with Gasteiger partial charge < -0.3 is 10.4 Å². The number of aliphatic carboxylic acids is 1. The molecule has 0 aromatic heterocycles. The highest BCUT2D eigenvalue weighted by atomic mass is 16.4. The Morgan fingerprint density at radius 2 is 1.72 bits per heavy atom. The number of nitrogens with one attached hydrogen (secondary N) is 1. The minimum atomic E-state index is -1.05. The number of rotatable bonds is 5. The lowest BCUT2D eigenvalue weighted by Crippen LogP contribution is -2.42. The molecule has 3 aromatic carbocycles. The van der Waals surface area contributed by atoms with Crippen LogP contribution in [0, 0.1) is 6.92 Å². The number of hydrogen-bond donors (Lipinski definition) is 2. The molecular weight excluding hydrogens is 314 g/mol. The van der Waals surface area contributed by atoms with Gasteiger partial charge in [0, 0.05) is 12.0 Å². The second-order valence-corrected chi connectivity index (χ2v) is 6.12. The zero-order valence-electron chi connectivity index (χ0n) is 13.9. The van der Waals surface area contributed by atoms with Gasteiger partial charge in [0.05, 0.1) is 0 Å². The maximum Gasteiger partial charge on any atom is 0.326 e. The van der Waals surface area contributed by atoms with Crippen LogP contribution in [0.1, 0.15) is 21.5 Å². The summed E-state index contributed by atoms with van der Waals surface area (Å²) >= 11 is 0. The van der Waals surface area contributed by atoms with Gasteiger partial charge in [-0.05, 0) is 35.4 Å². The molecule has 1 amide bonds. The maximum absolute atomic E-state index is 12.5. The van der Waals surface area contributed by atoms with Crippen LogP contribution in [-0.4, -0.2) is 23.0 Å². The predicted molar refractivity (Wildman–Crippen MR) is 97.7 cm³/mol. The molecular formula is C21H19NO3. The van der Waals surface area contributed by atoms with E-state index in [0.717, 1.165) is 21.9 Å². The van der Waals surface area contributed by atoms with Crippen LogP contribution in [0.25, 0.3) is 10.8 Å². The molecule has 3 aromatic rings. The van der Waals surface area contributed by atoms with Crippen molar-refractivity contribution in [1.29, 1.82) is 0 Å². The van der Waals surface area contributed by atoms with Crippen molar-refractivity contribution >= 4 is 22.6 Å². The summed E-state index contributed by atoms with van der Waals surface area (Å²) in [6, 6.07) is 19.7. The van der Waals surface area contributed by atoms with Crippen LogP contribution in [0.5, 0.6) is 0 Å². The van der Waals surface area contributed by atoms with Crippen LogP contribution in [-0.2, 0) is 11.2 Å². The topological polar surface area (TPSA) is 66.4 Å². The highest BCUT2D eigenvalue weighted by Gasteiger charge is 2.21. The van der Waals surface area contributed by atoms with Gasteiger partial charge in [-0.25, -0.2) is 4.79 Å². The highest BCUT2D eigenvalue weighted by Crippen LogP contribution is 2.16. The number of hydrogen-bond acceptors (Lipinski definition) is 2. The van der Waals surface area contributed by atoms with E-state index in [2.05, 4.69) is 5.32 Å². The van der Waals surface area contributed by atoms with Gasteiger partial charge in [-0.3, -0.25) is 4.79 Å². The van der Waals surface area contributed by atoms with Crippen LogP contribution in [0.4, 0.5) is 0 Å². The van der Waals surface area contributed by atoms with E-state index in [1.54, 1.807) is 12.1 Å². The van der Waals surface area contributed by atoms with Gasteiger partial charge in [-0.1, -0.05) is 60.2 Å². The molecule has 0 saturated carbocycles. The van der Waals surface area contributed by atoms with Crippen LogP contribution < -0.4 is 5.32 Å². The molecule has 4 heteroatoms. The van der Waals surface area contributed by atoms with Crippen LogP contribution in [0.3, 0.4) is 0 Å². The number of carboxylic acid groups (broad SMARTS) is 1. The molecule has 0 fully saturated rings. The number of amides is 1. The number of carbonyl (C=O) groups excluding carboxylic acids is 1. The first kappa shape index (κ1) is 16.7. The predicted octanol–water partition coefficient (Wildman–Crippen LogP) is 3.57. The standard InChI is InChI=1S/C21H19NO3/c1-14-5-4-6-15(11-14)12-19(21(24)25)22-20(23)18-10-9-16-7-2-3-8-17(16)13-18/h2-11,13,19H,12H2,1H3,(H,22,23)(H,24,25)/t19-/m0/s1. The van der Waals surface area contributed by atoms with Crippen LogP contribution in [0.2, 0.25) is 0 Å². The Kier molecular flexibility index (Phi) is 4.80. The smallest absolute Gasteiger partial charge is 0.326 e. The molecule has 0 aliphatic heterocycles. The Morgan fingerprint density at radius 3 is 2.44 bits per heavy atom. The number of aryl methyl sites for hydroxylation is 1. The molecule has 0 saturated heterocycles. The lowest BCUT2D eigenvalue weighted by atomic mass is 10.0. The lowest BCUT2D eigenvalue weighted by Gasteiger charge is -2.15. The number of benzene rings is 3. The average Bonchev–Trinajstić information content (AvgIpc) is 2.60. The third kappa shape index (κ3) is 4.04. The summed E-state index contributed by atoms with van der Waals surface area (Å²) in [5, 5.41) is 14.1. The van der Waals surface area contributed by atoms with Crippen LogP contribution in [0.15, 0.2) is 66.7 Å². The second kappa shape index (κ2) is 7.18. The molecule has 3 rings (SSSR count). The fourth-order valence-corrected chi connectivity index (χ4v) is 2.85. The second-order valence-electron chi connectivity index (χ2n) is 6.12. The van der Waals surface area contributed by atoms with Crippen LogP contribution >= 0.6 is 0 Å². The number of carbonyl (C=O) groups is 2. The minimum Gasteiger partial charge on any atom is -0.480 e. The Bertz CT molecular complexity index is 933. The average molecular weight is 333 g/mol. The van der Waals surface area contributed by atoms with Crippen molar-refractivity contribution in [2.75, 3.05) is 0 Å². The molecule has 0 spiro atoms. The molecule has 0 radical (unpaired) electrons. The third-order valence-electron chi connectivity index (χ3n) is 4.14. The largest absolute Gasteiger partial charge is 0.480 e. The minimum absolute atomic E-state index is 0.246. The van der Waals surface area contributed by atoms with Crippen molar-refractivity contribution in [3.8, 4) is 0 Å². The van der Waals surface area contributed by atoms with Crippen molar-refractivity contribution in [3.05, 3.63) is 83.4 Å². The lowest BCUT2D eigenvalue weighted by molar-refractivity contribution is -0.139. The molecule has 126 valence electrons. The van der Waals surface area contributed by atoms with Gasteiger partial charge in [0.1, 0.15) is 6.04 Å². The Hall–Kier alpha value is -3.14. The molecule has 0 aliphatic carbocycles. The van der Waals surface area contributed by atoms with E-state index in [-0.39, 0.29) is 12.3 Å². The molecule has 2 N–H and O–H groups in total. The molecule has 25 heavy (non-hydrogen) atoms. The van der Waals surface area contributed by atoms with E-state index in [1.165, 1.54) is 0 Å². The van der Waals surface area contributed by atoms with E-state index < -0.39 is 12.0 Å². The summed E-state index contributed by atoms with van der Waals surface area (Å²) in [5.74, 6) is -1.43. The molecule has 0 heterocycles. The quantitative estimate of drug-likeness (QED) is 0.750. The van der Waals surface area contributed by atoms with Gasteiger partial charge in [0.25, 0.3) is 5.91 Å². The molecule has 4 nitrogen and oxygen atoms in total. The zero-order valence-corrected chi connectivity index (χ0v) is 13.9. The summed E-state index contributed by atoms with van der Waals surface area (Å²) in [5.41, 5.74) is 2.39. The van der Waals surface area contributed by atoms with Crippen molar-refractivity contribution in [2.45, 2.75) is 19.4 Å². The molecule has 0 bridgehead atoms. The van der Waals surface area contributed by atoms with E-state index in [9.17, 15) is 14.7 Å². The first-order valence-electron chi connectivity index (χ1n) is 8.11. The van der Waals surface area contributed by atoms with Gasteiger partial charge in [-0.2, -0.15) is 0 Å². The van der Waals surface area contributed by atoms with Gasteiger partial charge in [0.15, 0.2) is 0 Å². The molecule has 1 atom stereocenters. The summed E-state index contributed by atoms with van der Waals surface area (Å²) in [4.78, 5) is 24.0. The summed E-state index contributed by atoms with van der Waals surface area (Å²) in [7, 11) is 0. The third-order valence-corrected chi connectivity index (χ3v) is 4.14. The highest BCUT2D eigenvalue weighted by molar-refractivity contribution is 6.00. The van der Waals surface area contributed by atoms with Gasteiger partial charge >= 0.3 is 5.97 Å².